The van der Waals surface area contributed by atoms with Gasteiger partial charge in [0.25, 0.3) is 0 Å². The van der Waals surface area contributed by atoms with Gasteiger partial charge in [-0.2, -0.15) is 0 Å². The van der Waals surface area contributed by atoms with Crippen LogP contribution in [0.2, 0.25) is 0 Å². The molecule has 9 heteroatoms. The number of carboxylic acid groups (broad SMARTS) is 1. The van der Waals surface area contributed by atoms with Crippen LogP contribution in [-0.2, 0) is 14.9 Å². The Bertz CT molecular complexity index is 1200. The number of hydrogen-bond acceptors (Lipinski definition) is 7. The number of amides is 1. The molecule has 0 radical (unpaired) electrons. The number of Topliss-reactive ketones (excluding diaryl/α,β-unsaturated/α-hetero) is 1. The fraction of sp³-hybridized carbons (Fsp3) is 0.788. The van der Waals surface area contributed by atoms with Crippen molar-refractivity contribution in [3.63, 3.8) is 0 Å². The maximum atomic E-state index is 14.1. The van der Waals surface area contributed by atoms with E-state index < -0.39 is 23.6 Å². The number of rotatable bonds is 11. The van der Waals surface area contributed by atoms with E-state index >= 15 is 0 Å². The molecule has 1 amide bonds. The van der Waals surface area contributed by atoms with Gasteiger partial charge in [-0.15, -0.1) is 0 Å². The van der Waals surface area contributed by atoms with E-state index in [-0.39, 0.29) is 34.5 Å². The van der Waals surface area contributed by atoms with Gasteiger partial charge in [0.1, 0.15) is 17.2 Å². The molecule has 234 valence electrons. The van der Waals surface area contributed by atoms with E-state index in [1.54, 1.807) is 11.1 Å². The number of carbonyl (C=O) groups excluding carboxylic acids is 2. The molecule has 2 heterocycles. The van der Waals surface area contributed by atoms with Gasteiger partial charge in [0.2, 0.25) is 0 Å². The number of aliphatic carboxylic acids is 1. The lowest BCUT2D eigenvalue weighted by atomic mass is 9.69. The zero-order valence-corrected chi connectivity index (χ0v) is 27.2. The summed E-state index contributed by atoms with van der Waals surface area (Å²) in [5.41, 5.74) is -1.14. The van der Waals surface area contributed by atoms with Gasteiger partial charge < -0.3 is 20.1 Å². The number of nitrogens with one attached hydrogen (secondary N) is 1. The molecule has 1 aromatic heterocycles. The molecule has 2 saturated carbocycles. The minimum absolute atomic E-state index is 0.0113. The minimum atomic E-state index is -0.902. The standard InChI is InChI=1S/C33H52N4O5/c1-10-11-12-13-34-26-22(17-35-28(36-26)30(4,5)6)24(38)16-33-23(14-20(2)3)25(33)32(33)15-21(27(39)40)18-37(19-32)29(41)42-31(7,8)9/h17,20-21,23,25H,10-16,18-19H2,1-9H3,(H,39,40)(H,34,35,36)/t21-,23?,25?,32?,33?/m1/s1. The van der Waals surface area contributed by atoms with Gasteiger partial charge in [-0.25, -0.2) is 14.8 Å². The number of carbonyl (C=O) groups is 3. The highest BCUT2D eigenvalue weighted by molar-refractivity contribution is 6.01. The monoisotopic (exact) mass is 584 g/mol. The number of piperidine rings is 1. The third-order valence-corrected chi connectivity index (χ3v) is 9.49. The van der Waals surface area contributed by atoms with Gasteiger partial charge >= 0.3 is 12.1 Å². The predicted molar refractivity (Wildman–Crippen MR) is 163 cm³/mol. The Balaban J connectivity index is 1.63. The Hall–Kier alpha value is -2.71. The van der Waals surface area contributed by atoms with Crippen molar-refractivity contribution in [3.05, 3.63) is 17.6 Å². The molecule has 9 nitrogen and oxygen atoms in total. The molecule has 4 unspecified atom stereocenters. The first-order valence-electron chi connectivity index (χ1n) is 15.8. The van der Waals surface area contributed by atoms with Crippen LogP contribution in [0.1, 0.15) is 117 Å². The van der Waals surface area contributed by atoms with Gasteiger partial charge in [0.05, 0.1) is 11.5 Å². The van der Waals surface area contributed by atoms with Crippen molar-refractivity contribution in [3.8, 4) is 0 Å². The number of unbranched alkanes of at least 4 members (excludes halogenated alkanes) is 2. The van der Waals surface area contributed by atoms with Crippen molar-refractivity contribution in [1.29, 1.82) is 0 Å². The molecule has 3 aliphatic rings. The smallest absolute Gasteiger partial charge is 0.410 e. The first kappa shape index (κ1) is 32.2. The molecular formula is C33H52N4O5. The van der Waals surface area contributed by atoms with E-state index in [0.717, 1.165) is 32.2 Å². The van der Waals surface area contributed by atoms with Crippen molar-refractivity contribution >= 4 is 23.7 Å². The van der Waals surface area contributed by atoms with Crippen LogP contribution < -0.4 is 5.32 Å². The summed E-state index contributed by atoms with van der Waals surface area (Å²) in [5.74, 6) is 0.688. The maximum absolute atomic E-state index is 14.1. The number of aromatic nitrogens is 2. The first-order valence-corrected chi connectivity index (χ1v) is 15.8. The van der Waals surface area contributed by atoms with E-state index in [1.165, 1.54) is 0 Å². The number of ether oxygens (including phenoxy) is 1. The quantitative estimate of drug-likeness (QED) is 0.221. The Kier molecular flexibility index (Phi) is 8.76. The number of hydrogen-bond donors (Lipinski definition) is 2. The molecule has 3 fully saturated rings. The second-order valence-electron chi connectivity index (χ2n) is 15.5. The largest absolute Gasteiger partial charge is 0.481 e. The minimum Gasteiger partial charge on any atom is -0.481 e. The molecule has 0 bridgehead atoms. The summed E-state index contributed by atoms with van der Waals surface area (Å²) in [6.07, 6.45) is 6.15. The molecular weight excluding hydrogens is 532 g/mol. The third kappa shape index (κ3) is 6.16. The zero-order valence-electron chi connectivity index (χ0n) is 27.2. The molecule has 1 spiro atoms. The lowest BCUT2D eigenvalue weighted by Gasteiger charge is -2.44. The SMILES string of the molecule is CCCCCNc1nc(C(C)(C)C)ncc1C(=O)CC12C(CC(C)C)C1C21C[C@@H](C(=O)O)CN(C(=O)OC(C)(C)C)C1. The summed E-state index contributed by atoms with van der Waals surface area (Å²) in [4.78, 5) is 50.6. The van der Waals surface area contributed by atoms with Crippen molar-refractivity contribution in [2.45, 2.75) is 112 Å². The summed E-state index contributed by atoms with van der Waals surface area (Å²) in [5, 5.41) is 13.5. The second-order valence-corrected chi connectivity index (χ2v) is 15.5. The van der Waals surface area contributed by atoms with E-state index in [2.05, 4.69) is 51.8 Å². The summed E-state index contributed by atoms with van der Waals surface area (Å²) < 4.78 is 5.66. The Labute approximate surface area is 251 Å². The van der Waals surface area contributed by atoms with Crippen molar-refractivity contribution in [2.75, 3.05) is 25.0 Å². The van der Waals surface area contributed by atoms with Crippen LogP contribution in [-0.4, -0.2) is 63.1 Å². The summed E-state index contributed by atoms with van der Waals surface area (Å²) in [6, 6.07) is 0. The van der Waals surface area contributed by atoms with Crippen LogP contribution in [0, 0.1) is 34.5 Å². The lowest BCUT2D eigenvalue weighted by molar-refractivity contribution is -0.145. The average Bonchev–Trinajstić information content (AvgIpc) is 3.69. The van der Waals surface area contributed by atoms with Crippen LogP contribution in [0.3, 0.4) is 0 Å². The number of carboxylic acids is 1. The van der Waals surface area contributed by atoms with E-state index in [1.807, 2.05) is 20.8 Å². The number of likely N-dealkylation sites (tertiary alicyclic amines) is 1. The number of ketones is 1. The predicted octanol–water partition coefficient (Wildman–Crippen LogP) is 6.57. The molecule has 1 aromatic rings. The van der Waals surface area contributed by atoms with Gasteiger partial charge in [-0.05, 0) is 68.6 Å². The zero-order chi connectivity index (χ0) is 31.3. The first-order chi connectivity index (χ1) is 19.5. The van der Waals surface area contributed by atoms with Gasteiger partial charge in [-0.3, -0.25) is 9.59 Å². The van der Waals surface area contributed by atoms with Crippen molar-refractivity contribution in [2.24, 2.45) is 34.5 Å². The highest BCUT2D eigenvalue weighted by Gasteiger charge is 2.94. The second kappa shape index (κ2) is 11.4. The summed E-state index contributed by atoms with van der Waals surface area (Å²) in [6.45, 7) is 19.4. The van der Waals surface area contributed by atoms with Crippen molar-refractivity contribution < 1.29 is 24.2 Å². The highest BCUT2D eigenvalue weighted by atomic mass is 16.6. The Morgan fingerprint density at radius 2 is 1.86 bits per heavy atom. The average molecular weight is 585 g/mol. The molecule has 2 N–H and O–H groups in total. The fourth-order valence-electron chi connectivity index (χ4n) is 7.64. The lowest BCUT2D eigenvalue weighted by Crippen LogP contribution is -2.52. The van der Waals surface area contributed by atoms with Gasteiger partial charge in [-0.1, -0.05) is 54.4 Å². The molecule has 1 saturated heterocycles. The van der Waals surface area contributed by atoms with Crippen LogP contribution >= 0.6 is 0 Å². The molecule has 0 aromatic carbocycles. The van der Waals surface area contributed by atoms with Crippen LogP contribution in [0.25, 0.3) is 0 Å². The summed E-state index contributed by atoms with van der Waals surface area (Å²) >= 11 is 0. The Morgan fingerprint density at radius 3 is 2.43 bits per heavy atom. The van der Waals surface area contributed by atoms with Crippen LogP contribution in [0.5, 0.6) is 0 Å². The van der Waals surface area contributed by atoms with Gasteiger partial charge in [0.15, 0.2) is 5.78 Å². The number of fused-ring (bicyclic) bond motifs is 3. The normalized spacial score (nSPS) is 28.4. The highest BCUT2D eigenvalue weighted by Crippen LogP contribution is 2.95. The summed E-state index contributed by atoms with van der Waals surface area (Å²) in [7, 11) is 0. The molecule has 42 heavy (non-hydrogen) atoms. The van der Waals surface area contributed by atoms with Gasteiger partial charge in [0, 0.05) is 37.7 Å². The molecule has 2 aliphatic carbocycles. The van der Waals surface area contributed by atoms with E-state index in [9.17, 15) is 19.5 Å². The van der Waals surface area contributed by atoms with Crippen LogP contribution in [0.4, 0.5) is 10.6 Å². The van der Waals surface area contributed by atoms with E-state index in [4.69, 9.17) is 9.72 Å². The van der Waals surface area contributed by atoms with E-state index in [0.29, 0.717) is 48.4 Å². The van der Waals surface area contributed by atoms with Crippen LogP contribution in [0.15, 0.2) is 6.20 Å². The third-order valence-electron chi connectivity index (χ3n) is 9.49. The maximum Gasteiger partial charge on any atom is 0.410 e. The fourth-order valence-corrected chi connectivity index (χ4v) is 7.64. The number of nitrogens with zero attached hydrogens (tertiary/aromatic N) is 3. The Morgan fingerprint density at radius 1 is 1.17 bits per heavy atom. The molecule has 1 aliphatic heterocycles. The topological polar surface area (TPSA) is 122 Å². The molecule has 4 rings (SSSR count). The van der Waals surface area contributed by atoms with Crippen molar-refractivity contribution in [1.82, 2.24) is 14.9 Å². The molecule has 5 atom stereocenters. The number of anilines is 1.